The predicted molar refractivity (Wildman–Crippen MR) is 91.0 cm³/mol. The Morgan fingerprint density at radius 3 is 2.50 bits per heavy atom. The molecule has 1 rings (SSSR count). The number of esters is 1. The summed E-state index contributed by atoms with van der Waals surface area (Å²) < 4.78 is 4.98. The minimum atomic E-state index is -0.588. The third-order valence-electron chi connectivity index (χ3n) is 3.55. The van der Waals surface area contributed by atoms with Gasteiger partial charge in [0.15, 0.2) is 0 Å². The van der Waals surface area contributed by atoms with Crippen LogP contribution in [0.1, 0.15) is 56.8 Å². The molecule has 0 heterocycles. The summed E-state index contributed by atoms with van der Waals surface area (Å²) in [5.74, 6) is -0.788. The van der Waals surface area contributed by atoms with Crippen molar-refractivity contribution in [2.24, 2.45) is 5.73 Å². The van der Waals surface area contributed by atoms with Crippen LogP contribution >= 0.6 is 0 Å². The number of nitrogens with one attached hydrogen (secondary N) is 1. The Labute approximate surface area is 143 Å². The van der Waals surface area contributed by atoms with Gasteiger partial charge >= 0.3 is 5.97 Å². The van der Waals surface area contributed by atoms with E-state index < -0.39 is 12.0 Å². The molecule has 0 aromatic heterocycles. The lowest BCUT2D eigenvalue weighted by molar-refractivity contribution is -0.143. The second-order valence-electron chi connectivity index (χ2n) is 6.54. The van der Waals surface area contributed by atoms with Crippen LogP contribution in [0.25, 0.3) is 0 Å². The number of nitrogens with two attached hydrogens (primary N) is 1. The quantitative estimate of drug-likeness (QED) is 0.775. The molecule has 24 heavy (non-hydrogen) atoms. The Morgan fingerprint density at radius 2 is 2.00 bits per heavy atom. The molecule has 0 radical (unpaired) electrons. The van der Waals surface area contributed by atoms with Crippen molar-refractivity contribution in [1.29, 1.82) is 5.26 Å². The highest BCUT2D eigenvalue weighted by Crippen LogP contribution is 2.28. The molecule has 1 aromatic carbocycles. The van der Waals surface area contributed by atoms with Crippen LogP contribution in [-0.4, -0.2) is 25.0 Å². The van der Waals surface area contributed by atoms with E-state index in [1.54, 1.807) is 13.0 Å². The van der Waals surface area contributed by atoms with Gasteiger partial charge in [0.2, 0.25) is 5.91 Å². The highest BCUT2D eigenvalue weighted by Gasteiger charge is 2.22. The molecule has 1 unspecified atom stereocenters. The van der Waals surface area contributed by atoms with Crippen molar-refractivity contribution in [1.82, 2.24) is 5.32 Å². The molecule has 3 N–H and O–H groups in total. The zero-order chi connectivity index (χ0) is 18.3. The average molecular weight is 331 g/mol. The number of ether oxygens (including phenoxy) is 1. The van der Waals surface area contributed by atoms with E-state index in [4.69, 9.17) is 10.5 Å². The van der Waals surface area contributed by atoms with Crippen LogP contribution in [0.3, 0.4) is 0 Å². The number of nitriles is 1. The van der Waals surface area contributed by atoms with Crippen molar-refractivity contribution >= 4 is 11.9 Å². The van der Waals surface area contributed by atoms with Crippen molar-refractivity contribution in [2.75, 3.05) is 13.2 Å². The summed E-state index contributed by atoms with van der Waals surface area (Å²) in [5, 5.41) is 12.0. The van der Waals surface area contributed by atoms with Crippen LogP contribution in [0.15, 0.2) is 18.2 Å². The Bertz CT molecular complexity index is 642. The molecule has 1 atom stereocenters. The highest BCUT2D eigenvalue weighted by atomic mass is 16.5. The minimum absolute atomic E-state index is 0.0158. The van der Waals surface area contributed by atoms with E-state index in [9.17, 15) is 14.9 Å². The molecule has 0 spiro atoms. The van der Waals surface area contributed by atoms with Crippen molar-refractivity contribution in [3.63, 3.8) is 0 Å². The molecule has 0 aliphatic rings. The van der Waals surface area contributed by atoms with Crippen LogP contribution in [0.4, 0.5) is 0 Å². The van der Waals surface area contributed by atoms with Gasteiger partial charge in [0.25, 0.3) is 0 Å². The number of carbonyl (C=O) groups is 2. The fourth-order valence-corrected chi connectivity index (χ4v) is 2.24. The zero-order valence-electron chi connectivity index (χ0n) is 14.7. The van der Waals surface area contributed by atoms with Gasteiger partial charge < -0.3 is 15.8 Å². The van der Waals surface area contributed by atoms with Crippen molar-refractivity contribution in [3.05, 3.63) is 34.9 Å². The molecule has 0 saturated carbocycles. The maximum atomic E-state index is 11.9. The summed E-state index contributed by atoms with van der Waals surface area (Å²) >= 11 is 0. The molecule has 0 aliphatic heterocycles. The summed E-state index contributed by atoms with van der Waals surface area (Å²) in [7, 11) is 0. The summed E-state index contributed by atoms with van der Waals surface area (Å²) in [6.45, 7) is 7.91. The lowest BCUT2D eigenvalue weighted by Gasteiger charge is -2.24. The summed E-state index contributed by atoms with van der Waals surface area (Å²) in [6.07, 6.45) is -0.0158. The maximum Gasteiger partial charge on any atom is 0.308 e. The van der Waals surface area contributed by atoms with E-state index in [1.165, 1.54) is 0 Å². The smallest absolute Gasteiger partial charge is 0.308 e. The molecule has 1 aromatic rings. The molecule has 6 heteroatoms. The van der Waals surface area contributed by atoms with E-state index >= 15 is 0 Å². The molecule has 0 bridgehead atoms. The van der Waals surface area contributed by atoms with Gasteiger partial charge in [-0.15, -0.1) is 0 Å². The number of nitrogens with zero attached hydrogens (tertiary/aromatic N) is 1. The Kier molecular flexibility index (Phi) is 6.93. The normalized spacial score (nSPS) is 12.2. The largest absolute Gasteiger partial charge is 0.466 e. The van der Waals surface area contributed by atoms with E-state index in [0.717, 1.165) is 5.56 Å². The first-order valence-electron chi connectivity index (χ1n) is 7.91. The molecular formula is C18H25N3O3. The fourth-order valence-electron chi connectivity index (χ4n) is 2.24. The third-order valence-corrected chi connectivity index (χ3v) is 3.55. The van der Waals surface area contributed by atoms with Crippen LogP contribution in [-0.2, 0) is 19.7 Å². The fraction of sp³-hybridized carbons (Fsp3) is 0.500. The van der Waals surface area contributed by atoms with Gasteiger partial charge in [0.1, 0.15) is 0 Å². The van der Waals surface area contributed by atoms with E-state index in [2.05, 4.69) is 11.4 Å². The molecule has 0 saturated heterocycles. The van der Waals surface area contributed by atoms with Gasteiger partial charge in [-0.25, -0.2) is 0 Å². The molecule has 0 aliphatic carbocycles. The van der Waals surface area contributed by atoms with Crippen molar-refractivity contribution in [2.45, 2.75) is 45.6 Å². The Balaban J connectivity index is 3.27. The number of carbonyl (C=O) groups excluding carboxylic acids is 2. The number of hydrogen-bond acceptors (Lipinski definition) is 5. The van der Waals surface area contributed by atoms with Gasteiger partial charge in [-0.05, 0) is 35.6 Å². The summed E-state index contributed by atoms with van der Waals surface area (Å²) in [5.41, 5.74) is 7.31. The van der Waals surface area contributed by atoms with Gasteiger partial charge in [-0.2, -0.15) is 5.26 Å². The monoisotopic (exact) mass is 331 g/mol. The number of rotatable bonds is 6. The van der Waals surface area contributed by atoms with Gasteiger partial charge in [0.05, 0.1) is 37.2 Å². The Hall–Kier alpha value is -2.39. The van der Waals surface area contributed by atoms with Crippen molar-refractivity contribution in [3.8, 4) is 6.07 Å². The van der Waals surface area contributed by atoms with Crippen LogP contribution in [0.5, 0.6) is 0 Å². The highest BCUT2D eigenvalue weighted by molar-refractivity contribution is 5.79. The van der Waals surface area contributed by atoms with Gasteiger partial charge in [0, 0.05) is 0 Å². The van der Waals surface area contributed by atoms with Crippen LogP contribution in [0, 0.1) is 11.3 Å². The van der Waals surface area contributed by atoms with E-state index in [-0.39, 0.29) is 30.9 Å². The maximum absolute atomic E-state index is 11.9. The van der Waals surface area contributed by atoms with Crippen LogP contribution < -0.4 is 11.1 Å². The minimum Gasteiger partial charge on any atom is -0.466 e. The van der Waals surface area contributed by atoms with E-state index in [0.29, 0.717) is 11.1 Å². The molecular weight excluding hydrogens is 306 g/mol. The lowest BCUT2D eigenvalue weighted by atomic mass is 9.84. The third kappa shape index (κ3) is 5.67. The van der Waals surface area contributed by atoms with Gasteiger partial charge in [-0.1, -0.05) is 26.8 Å². The lowest BCUT2D eigenvalue weighted by Crippen LogP contribution is -2.35. The zero-order valence-corrected chi connectivity index (χ0v) is 14.7. The summed E-state index contributed by atoms with van der Waals surface area (Å²) in [6, 6.07) is 6.93. The standard InChI is InChI=1S/C18H25N3O3/c1-5-24-17(23)9-15(21-16(22)11-20)13-6-12(10-19)7-14(8-13)18(2,3)4/h6-8,15H,5,9,11,20H2,1-4H3,(H,21,22). The second-order valence-corrected chi connectivity index (χ2v) is 6.54. The predicted octanol–water partition coefficient (Wildman–Crippen LogP) is 1.92. The number of amides is 1. The SMILES string of the molecule is CCOC(=O)CC(NC(=O)CN)c1cc(C#N)cc(C(C)(C)C)c1. The molecule has 130 valence electrons. The molecule has 1 amide bonds. The molecule has 0 fully saturated rings. The first-order valence-corrected chi connectivity index (χ1v) is 7.91. The Morgan fingerprint density at radius 1 is 1.33 bits per heavy atom. The first kappa shape index (κ1) is 19.7. The average Bonchev–Trinajstić information content (AvgIpc) is 2.52. The van der Waals surface area contributed by atoms with Gasteiger partial charge in [-0.3, -0.25) is 9.59 Å². The first-order chi connectivity index (χ1) is 11.2. The number of hydrogen-bond donors (Lipinski definition) is 2. The molecule has 6 nitrogen and oxygen atoms in total. The second kappa shape index (κ2) is 8.46. The van der Waals surface area contributed by atoms with Crippen molar-refractivity contribution < 1.29 is 14.3 Å². The van der Waals surface area contributed by atoms with E-state index in [1.807, 2.05) is 32.9 Å². The topological polar surface area (TPSA) is 105 Å². The van der Waals surface area contributed by atoms with Crippen LogP contribution in [0.2, 0.25) is 0 Å². The number of benzene rings is 1. The summed E-state index contributed by atoms with van der Waals surface area (Å²) in [4.78, 5) is 23.6.